The zero-order chi connectivity index (χ0) is 24.4. The fourth-order valence-electron chi connectivity index (χ4n) is 2.34. The molecule has 4 rings (SSSR count). The lowest BCUT2D eigenvalue weighted by molar-refractivity contribution is 1.31. The Hall–Kier alpha value is -1.77. The minimum atomic E-state index is 0.377. The highest BCUT2D eigenvalue weighted by Crippen LogP contribution is 2.22. The molecule has 0 aliphatic rings. The summed E-state index contributed by atoms with van der Waals surface area (Å²) in [6.07, 6.45) is 0. The highest BCUT2D eigenvalue weighted by molar-refractivity contribution is 14.1. The summed E-state index contributed by atoms with van der Waals surface area (Å²) in [6.45, 7) is 4.09. The Morgan fingerprint density at radius 1 is 0.636 bits per heavy atom. The molecule has 0 saturated heterocycles. The smallest absolute Gasteiger partial charge is 0.132 e. The topological polar surface area (TPSA) is 63.8 Å². The van der Waals surface area contributed by atoms with Gasteiger partial charge in [0.15, 0.2) is 0 Å². The summed E-state index contributed by atoms with van der Waals surface area (Å²) >= 11 is 24.8. The molecule has 0 aliphatic carbocycles. The van der Waals surface area contributed by atoms with Crippen LogP contribution in [0.3, 0.4) is 0 Å². The van der Waals surface area contributed by atoms with E-state index >= 15 is 0 Å². The second-order valence-electron chi connectivity index (χ2n) is 6.83. The van der Waals surface area contributed by atoms with E-state index in [4.69, 9.17) is 52.1 Å². The summed E-state index contributed by atoms with van der Waals surface area (Å²) in [5.41, 5.74) is 10.5. The molecule has 0 bridgehead atoms. The minimum absolute atomic E-state index is 0.377. The SMILES string of the molecule is Cc1ccc(N)cc1.Cc1ccc(Nc2cc(Cl)nc(Cl)c2)cc1.Clc1cc(I)cc(Cl)n1. The van der Waals surface area contributed by atoms with Crippen LogP contribution in [0.5, 0.6) is 0 Å². The van der Waals surface area contributed by atoms with Gasteiger partial charge in [-0.05, 0) is 85.0 Å². The van der Waals surface area contributed by atoms with E-state index in [9.17, 15) is 0 Å². The first-order valence-electron chi connectivity index (χ1n) is 9.58. The summed E-state index contributed by atoms with van der Waals surface area (Å²) in [6, 6.07) is 22.8. The Labute approximate surface area is 227 Å². The number of aryl methyl sites for hydroxylation is 2. The summed E-state index contributed by atoms with van der Waals surface area (Å²) in [5, 5.41) is 4.83. The van der Waals surface area contributed by atoms with Crippen molar-refractivity contribution in [2.24, 2.45) is 0 Å². The first-order chi connectivity index (χ1) is 15.6. The quantitative estimate of drug-likeness (QED) is 0.131. The molecule has 0 amide bonds. The van der Waals surface area contributed by atoms with Crippen LogP contribution in [-0.4, -0.2) is 9.97 Å². The number of nitrogen functional groups attached to an aromatic ring is 1. The van der Waals surface area contributed by atoms with Gasteiger partial charge in [-0.15, -0.1) is 0 Å². The molecule has 0 radical (unpaired) electrons. The number of nitrogens with zero attached hydrogens (tertiary/aromatic N) is 2. The van der Waals surface area contributed by atoms with E-state index in [0.29, 0.717) is 20.6 Å². The molecule has 0 spiro atoms. The maximum absolute atomic E-state index is 5.81. The van der Waals surface area contributed by atoms with Crippen LogP contribution in [0, 0.1) is 17.4 Å². The highest BCUT2D eigenvalue weighted by Gasteiger charge is 2.00. The lowest BCUT2D eigenvalue weighted by Gasteiger charge is -2.07. The molecule has 2 heterocycles. The van der Waals surface area contributed by atoms with Crippen LogP contribution in [0.25, 0.3) is 0 Å². The molecular weight excluding hydrogens is 613 g/mol. The molecule has 2 aromatic heterocycles. The minimum Gasteiger partial charge on any atom is -0.399 e. The van der Waals surface area contributed by atoms with E-state index in [1.165, 1.54) is 11.1 Å². The standard InChI is InChI=1S/C12H10Cl2N2.C7H9N.C5H2Cl2IN/c1-8-2-4-9(5-3-8)15-10-6-11(13)16-12(14)7-10;1-6-2-4-7(8)5-3-6;6-4-1-3(8)2-5(7)9-4/h2-7H,1H3,(H,15,16);2-5H,8H2,1H3;1-2H. The van der Waals surface area contributed by atoms with Crippen molar-refractivity contribution in [1.82, 2.24) is 9.97 Å². The van der Waals surface area contributed by atoms with E-state index < -0.39 is 0 Å². The van der Waals surface area contributed by atoms with Crippen molar-refractivity contribution >= 4 is 86.1 Å². The number of halogens is 5. The van der Waals surface area contributed by atoms with Gasteiger partial charge in [0, 0.05) is 20.6 Å². The second kappa shape index (κ2) is 13.8. The predicted molar refractivity (Wildman–Crippen MR) is 151 cm³/mol. The van der Waals surface area contributed by atoms with Crippen LogP contribution in [-0.2, 0) is 0 Å². The number of nitrogens with two attached hydrogens (primary N) is 1. The van der Waals surface area contributed by atoms with Gasteiger partial charge in [-0.3, -0.25) is 0 Å². The zero-order valence-corrected chi connectivity index (χ0v) is 23.0. The molecule has 172 valence electrons. The molecule has 2 aromatic carbocycles. The van der Waals surface area contributed by atoms with E-state index in [2.05, 4.69) is 37.9 Å². The van der Waals surface area contributed by atoms with Crippen LogP contribution >= 0.6 is 69.0 Å². The third-order valence-electron chi connectivity index (χ3n) is 3.91. The van der Waals surface area contributed by atoms with E-state index in [1.54, 1.807) is 24.3 Å². The molecule has 9 heteroatoms. The maximum Gasteiger partial charge on any atom is 0.132 e. The van der Waals surface area contributed by atoms with Crippen LogP contribution in [0.4, 0.5) is 17.1 Å². The van der Waals surface area contributed by atoms with Gasteiger partial charge in [0.05, 0.1) is 0 Å². The van der Waals surface area contributed by atoms with Gasteiger partial charge in [-0.2, -0.15) is 0 Å². The Morgan fingerprint density at radius 3 is 1.42 bits per heavy atom. The average molecular weight is 634 g/mol. The Bertz CT molecular complexity index is 1080. The molecule has 0 fully saturated rings. The van der Waals surface area contributed by atoms with Gasteiger partial charge >= 0.3 is 0 Å². The molecule has 4 aromatic rings. The summed E-state index contributed by atoms with van der Waals surface area (Å²) in [4.78, 5) is 7.64. The second-order valence-corrected chi connectivity index (χ2v) is 9.63. The molecule has 0 aliphatic heterocycles. The van der Waals surface area contributed by atoms with Gasteiger partial charge in [-0.1, -0.05) is 81.8 Å². The number of anilines is 3. The van der Waals surface area contributed by atoms with Gasteiger partial charge < -0.3 is 11.1 Å². The molecule has 3 N–H and O–H groups in total. The van der Waals surface area contributed by atoms with Gasteiger partial charge in [0.1, 0.15) is 20.6 Å². The van der Waals surface area contributed by atoms with Crippen molar-refractivity contribution in [2.45, 2.75) is 13.8 Å². The number of pyridine rings is 2. The molecular formula is C24H21Cl4IN4. The monoisotopic (exact) mass is 632 g/mol. The molecule has 4 nitrogen and oxygen atoms in total. The molecule has 0 unspecified atom stereocenters. The maximum atomic E-state index is 5.81. The van der Waals surface area contributed by atoms with Crippen molar-refractivity contribution in [3.05, 3.63) is 108 Å². The van der Waals surface area contributed by atoms with Gasteiger partial charge in [-0.25, -0.2) is 9.97 Å². The van der Waals surface area contributed by atoms with E-state index in [-0.39, 0.29) is 0 Å². The van der Waals surface area contributed by atoms with Crippen molar-refractivity contribution in [3.63, 3.8) is 0 Å². The summed E-state index contributed by atoms with van der Waals surface area (Å²) in [5.74, 6) is 0. The van der Waals surface area contributed by atoms with Crippen molar-refractivity contribution < 1.29 is 0 Å². The number of hydrogen-bond donors (Lipinski definition) is 2. The van der Waals surface area contributed by atoms with Crippen LogP contribution in [0.15, 0.2) is 72.8 Å². The average Bonchev–Trinajstić information content (AvgIpc) is 2.71. The van der Waals surface area contributed by atoms with Crippen molar-refractivity contribution in [1.29, 1.82) is 0 Å². The largest absolute Gasteiger partial charge is 0.399 e. The predicted octanol–water partition coefficient (Wildman–Crippen LogP) is 9.01. The van der Waals surface area contributed by atoms with Crippen LogP contribution in [0.2, 0.25) is 20.6 Å². The lowest BCUT2D eigenvalue weighted by Crippen LogP contribution is -1.91. The lowest BCUT2D eigenvalue weighted by atomic mass is 10.2. The zero-order valence-electron chi connectivity index (χ0n) is 17.8. The first kappa shape index (κ1) is 27.5. The third kappa shape index (κ3) is 11.3. The molecule has 0 atom stereocenters. The van der Waals surface area contributed by atoms with Crippen LogP contribution < -0.4 is 11.1 Å². The van der Waals surface area contributed by atoms with Gasteiger partial charge in [0.25, 0.3) is 0 Å². The van der Waals surface area contributed by atoms with E-state index in [1.807, 2.05) is 62.4 Å². The van der Waals surface area contributed by atoms with Crippen molar-refractivity contribution in [2.75, 3.05) is 11.1 Å². The van der Waals surface area contributed by atoms with Gasteiger partial charge in [0.2, 0.25) is 0 Å². The third-order valence-corrected chi connectivity index (χ3v) is 5.31. The van der Waals surface area contributed by atoms with E-state index in [0.717, 1.165) is 20.6 Å². The fraction of sp³-hybridized carbons (Fsp3) is 0.0833. The van der Waals surface area contributed by atoms with Crippen molar-refractivity contribution in [3.8, 4) is 0 Å². The Kier molecular flexibility index (Phi) is 11.5. The number of nitrogens with one attached hydrogen (secondary N) is 1. The fourth-order valence-corrected chi connectivity index (χ4v) is 4.22. The molecule has 0 saturated carbocycles. The number of benzene rings is 2. The Balaban J connectivity index is 0.000000192. The summed E-state index contributed by atoms with van der Waals surface area (Å²) in [7, 11) is 0. The number of rotatable bonds is 2. The highest BCUT2D eigenvalue weighted by atomic mass is 127. The van der Waals surface area contributed by atoms with Crippen LogP contribution in [0.1, 0.15) is 11.1 Å². The molecule has 33 heavy (non-hydrogen) atoms. The number of hydrogen-bond acceptors (Lipinski definition) is 4. The normalized spacial score (nSPS) is 9.79. The first-order valence-corrected chi connectivity index (χ1v) is 12.2. The number of aromatic nitrogens is 2. The summed E-state index contributed by atoms with van der Waals surface area (Å²) < 4.78 is 0.998. The Morgan fingerprint density at radius 2 is 1.03 bits per heavy atom.